The quantitative estimate of drug-likeness (QED) is 0.615. The van der Waals surface area contributed by atoms with Gasteiger partial charge in [0.05, 0.1) is 18.1 Å². The number of hydrogen-bond donors (Lipinski definition) is 2. The summed E-state index contributed by atoms with van der Waals surface area (Å²) in [6.45, 7) is 4.12. The standard InChI is InChI=1S/C21H26FN3O4S/c1-16-5-7-19(8-6-16)30(27,28)24-10-9-23-21(26)20(25-11-13-29-14-12-25)17-3-2-4-18(22)15-17/h2-8,15,20,24H,9-14H2,1H3,(H,23,26). The van der Waals surface area contributed by atoms with Crippen molar-refractivity contribution in [2.75, 3.05) is 39.4 Å². The molecule has 2 aromatic carbocycles. The van der Waals surface area contributed by atoms with Gasteiger partial charge in [-0.2, -0.15) is 0 Å². The number of rotatable bonds is 8. The summed E-state index contributed by atoms with van der Waals surface area (Å²) in [6.07, 6.45) is 0. The van der Waals surface area contributed by atoms with Crippen molar-refractivity contribution in [2.24, 2.45) is 0 Å². The van der Waals surface area contributed by atoms with Crippen LogP contribution in [0.3, 0.4) is 0 Å². The summed E-state index contributed by atoms with van der Waals surface area (Å²) in [6, 6.07) is 11.8. The number of hydrogen-bond acceptors (Lipinski definition) is 5. The molecule has 1 atom stereocenters. The molecule has 1 aliphatic heterocycles. The fourth-order valence-corrected chi connectivity index (χ4v) is 4.34. The number of carbonyl (C=O) groups is 1. The van der Waals surface area contributed by atoms with Gasteiger partial charge in [-0.1, -0.05) is 29.8 Å². The number of ether oxygens (including phenoxy) is 1. The number of aryl methyl sites for hydroxylation is 1. The first-order chi connectivity index (χ1) is 14.4. The molecule has 3 rings (SSSR count). The maximum absolute atomic E-state index is 13.7. The number of morpholine rings is 1. The number of halogens is 1. The van der Waals surface area contributed by atoms with Crippen LogP contribution in [0.5, 0.6) is 0 Å². The lowest BCUT2D eigenvalue weighted by Gasteiger charge is -2.33. The number of nitrogens with one attached hydrogen (secondary N) is 2. The van der Waals surface area contributed by atoms with Crippen LogP contribution in [0.15, 0.2) is 53.4 Å². The van der Waals surface area contributed by atoms with Crippen LogP contribution in [0.2, 0.25) is 0 Å². The van der Waals surface area contributed by atoms with E-state index in [1.807, 2.05) is 11.8 Å². The molecule has 1 amide bonds. The lowest BCUT2D eigenvalue weighted by atomic mass is 10.0. The summed E-state index contributed by atoms with van der Waals surface area (Å²) in [4.78, 5) is 15.0. The first kappa shape index (κ1) is 22.4. The molecule has 0 spiro atoms. The van der Waals surface area contributed by atoms with Crippen molar-refractivity contribution in [1.82, 2.24) is 14.9 Å². The highest BCUT2D eigenvalue weighted by molar-refractivity contribution is 7.89. The van der Waals surface area contributed by atoms with E-state index >= 15 is 0 Å². The van der Waals surface area contributed by atoms with Crippen molar-refractivity contribution in [1.29, 1.82) is 0 Å². The molecule has 7 nitrogen and oxygen atoms in total. The molecule has 30 heavy (non-hydrogen) atoms. The molecule has 1 fully saturated rings. The van der Waals surface area contributed by atoms with E-state index in [0.29, 0.717) is 31.9 Å². The minimum Gasteiger partial charge on any atom is -0.379 e. The van der Waals surface area contributed by atoms with Crippen LogP contribution in [0.4, 0.5) is 4.39 Å². The average Bonchev–Trinajstić information content (AvgIpc) is 2.73. The Morgan fingerprint density at radius 2 is 1.83 bits per heavy atom. The van der Waals surface area contributed by atoms with E-state index < -0.39 is 21.9 Å². The van der Waals surface area contributed by atoms with Crippen LogP contribution in [0.25, 0.3) is 0 Å². The topological polar surface area (TPSA) is 87.7 Å². The molecule has 1 aliphatic rings. The smallest absolute Gasteiger partial charge is 0.242 e. The summed E-state index contributed by atoms with van der Waals surface area (Å²) in [5, 5.41) is 2.76. The number of nitrogens with zero attached hydrogens (tertiary/aromatic N) is 1. The molecule has 0 aromatic heterocycles. The van der Waals surface area contributed by atoms with Crippen molar-refractivity contribution < 1.29 is 22.3 Å². The Morgan fingerprint density at radius 3 is 2.50 bits per heavy atom. The molecule has 1 saturated heterocycles. The third-order valence-electron chi connectivity index (χ3n) is 4.87. The minimum atomic E-state index is -3.65. The first-order valence-corrected chi connectivity index (χ1v) is 11.3. The number of sulfonamides is 1. The predicted octanol–water partition coefficient (Wildman–Crippen LogP) is 1.60. The van der Waals surface area contributed by atoms with Gasteiger partial charge in [0.2, 0.25) is 15.9 Å². The molecule has 0 aliphatic carbocycles. The van der Waals surface area contributed by atoms with E-state index in [9.17, 15) is 17.6 Å². The molecule has 1 heterocycles. The molecule has 162 valence electrons. The highest BCUT2D eigenvalue weighted by Crippen LogP contribution is 2.23. The lowest BCUT2D eigenvalue weighted by molar-refractivity contribution is -0.128. The van der Waals surface area contributed by atoms with Gasteiger partial charge in [0.1, 0.15) is 11.9 Å². The first-order valence-electron chi connectivity index (χ1n) is 9.78. The third-order valence-corrected chi connectivity index (χ3v) is 6.35. The van der Waals surface area contributed by atoms with Gasteiger partial charge in [0.25, 0.3) is 0 Å². The predicted molar refractivity (Wildman–Crippen MR) is 111 cm³/mol. The van der Waals surface area contributed by atoms with Crippen molar-refractivity contribution in [2.45, 2.75) is 17.9 Å². The van der Waals surface area contributed by atoms with E-state index in [4.69, 9.17) is 4.74 Å². The second-order valence-corrected chi connectivity index (χ2v) is 8.87. The summed E-state index contributed by atoms with van der Waals surface area (Å²) in [5.74, 6) is -0.721. The van der Waals surface area contributed by atoms with Crippen molar-refractivity contribution in [3.05, 3.63) is 65.5 Å². The lowest BCUT2D eigenvalue weighted by Crippen LogP contribution is -2.47. The highest BCUT2D eigenvalue weighted by atomic mass is 32.2. The van der Waals surface area contributed by atoms with Crippen LogP contribution < -0.4 is 10.0 Å². The van der Waals surface area contributed by atoms with Crippen LogP contribution in [0.1, 0.15) is 17.2 Å². The van der Waals surface area contributed by atoms with Gasteiger partial charge >= 0.3 is 0 Å². The zero-order valence-electron chi connectivity index (χ0n) is 16.8. The Labute approximate surface area is 176 Å². The highest BCUT2D eigenvalue weighted by Gasteiger charge is 2.29. The fraction of sp³-hybridized carbons (Fsp3) is 0.381. The largest absolute Gasteiger partial charge is 0.379 e. The molecule has 1 unspecified atom stereocenters. The van der Waals surface area contributed by atoms with E-state index in [1.165, 1.54) is 24.3 Å². The van der Waals surface area contributed by atoms with Crippen molar-refractivity contribution in [3.63, 3.8) is 0 Å². The normalized spacial score (nSPS) is 16.2. The van der Waals surface area contributed by atoms with Gasteiger partial charge in [0, 0.05) is 26.2 Å². The maximum Gasteiger partial charge on any atom is 0.242 e. The van der Waals surface area contributed by atoms with Crippen LogP contribution >= 0.6 is 0 Å². The zero-order chi connectivity index (χ0) is 21.6. The Hall–Kier alpha value is -2.33. The Kier molecular flexibility index (Phi) is 7.54. The van der Waals surface area contributed by atoms with E-state index in [0.717, 1.165) is 5.56 Å². The van der Waals surface area contributed by atoms with E-state index in [2.05, 4.69) is 10.0 Å². The van der Waals surface area contributed by atoms with Gasteiger partial charge in [-0.05, 0) is 36.8 Å². The fourth-order valence-electron chi connectivity index (χ4n) is 3.31. The summed E-state index contributed by atoms with van der Waals surface area (Å²) < 4.78 is 46.2. The van der Waals surface area contributed by atoms with Crippen molar-refractivity contribution in [3.8, 4) is 0 Å². The van der Waals surface area contributed by atoms with Gasteiger partial charge in [-0.15, -0.1) is 0 Å². The summed E-state index contributed by atoms with van der Waals surface area (Å²) in [5.41, 5.74) is 1.52. The molecule has 9 heteroatoms. The zero-order valence-corrected chi connectivity index (χ0v) is 17.6. The molecular formula is C21H26FN3O4S. The molecule has 2 aromatic rings. The maximum atomic E-state index is 13.7. The Morgan fingerprint density at radius 1 is 1.13 bits per heavy atom. The van der Waals surface area contributed by atoms with Gasteiger partial charge < -0.3 is 10.1 Å². The summed E-state index contributed by atoms with van der Waals surface area (Å²) in [7, 11) is -3.65. The third kappa shape index (κ3) is 5.85. The second-order valence-electron chi connectivity index (χ2n) is 7.11. The number of benzene rings is 2. The molecule has 0 bridgehead atoms. The average molecular weight is 436 g/mol. The van der Waals surface area contributed by atoms with Crippen LogP contribution in [-0.4, -0.2) is 58.6 Å². The summed E-state index contributed by atoms with van der Waals surface area (Å²) >= 11 is 0. The molecule has 2 N–H and O–H groups in total. The van der Waals surface area contributed by atoms with Crippen LogP contribution in [-0.2, 0) is 19.6 Å². The second kappa shape index (κ2) is 10.1. The molecule has 0 radical (unpaired) electrons. The Balaban J connectivity index is 1.61. The van der Waals surface area contributed by atoms with Gasteiger partial charge in [0.15, 0.2) is 0 Å². The molecular weight excluding hydrogens is 409 g/mol. The van der Waals surface area contributed by atoms with Crippen LogP contribution in [0, 0.1) is 12.7 Å². The number of carbonyl (C=O) groups excluding carboxylic acids is 1. The number of amides is 1. The van der Waals surface area contributed by atoms with E-state index in [1.54, 1.807) is 24.3 Å². The van der Waals surface area contributed by atoms with E-state index in [-0.39, 0.29) is 23.9 Å². The monoisotopic (exact) mass is 435 g/mol. The Bertz CT molecular complexity index is 960. The van der Waals surface area contributed by atoms with Gasteiger partial charge in [-0.3, -0.25) is 9.69 Å². The van der Waals surface area contributed by atoms with Gasteiger partial charge in [-0.25, -0.2) is 17.5 Å². The molecule has 0 saturated carbocycles. The minimum absolute atomic E-state index is 0.0426. The van der Waals surface area contributed by atoms with Crippen molar-refractivity contribution >= 4 is 15.9 Å². The SMILES string of the molecule is Cc1ccc(S(=O)(=O)NCCNC(=O)C(c2cccc(F)c2)N2CCOCC2)cc1.